The highest BCUT2D eigenvalue weighted by Gasteiger charge is 2.25. The second-order valence-electron chi connectivity index (χ2n) is 7.43. The van der Waals surface area contributed by atoms with E-state index in [1.807, 2.05) is 17.0 Å². The number of H-pyrrole nitrogens is 1. The van der Waals surface area contributed by atoms with Gasteiger partial charge in [-0.1, -0.05) is 35.9 Å². The van der Waals surface area contributed by atoms with Crippen molar-refractivity contribution in [2.24, 2.45) is 0 Å². The van der Waals surface area contributed by atoms with Crippen LogP contribution in [0.5, 0.6) is 0 Å². The number of nitrogens with zero attached hydrogens (tertiary/aromatic N) is 2. The van der Waals surface area contributed by atoms with Gasteiger partial charge in [-0.2, -0.15) is 0 Å². The summed E-state index contributed by atoms with van der Waals surface area (Å²) in [5.41, 5.74) is 7.92. The predicted molar refractivity (Wildman–Crippen MR) is 111 cm³/mol. The highest BCUT2D eigenvalue weighted by atomic mass is 16.2. The van der Waals surface area contributed by atoms with Gasteiger partial charge in [0.15, 0.2) is 0 Å². The Hall–Kier alpha value is -3.40. The molecule has 2 aromatic carbocycles. The van der Waals surface area contributed by atoms with Gasteiger partial charge in [-0.05, 0) is 42.3 Å². The lowest BCUT2D eigenvalue weighted by atomic mass is 9.99. The molecular formula is C24H21N3O. The molecule has 0 bridgehead atoms. The topological polar surface area (TPSA) is 49.0 Å². The van der Waals surface area contributed by atoms with Crippen molar-refractivity contribution in [3.63, 3.8) is 0 Å². The van der Waals surface area contributed by atoms with Crippen molar-refractivity contribution in [1.29, 1.82) is 0 Å². The van der Waals surface area contributed by atoms with Crippen LogP contribution >= 0.6 is 0 Å². The van der Waals surface area contributed by atoms with Gasteiger partial charge in [-0.25, -0.2) is 0 Å². The van der Waals surface area contributed by atoms with Crippen molar-refractivity contribution in [1.82, 2.24) is 14.9 Å². The van der Waals surface area contributed by atoms with Gasteiger partial charge in [-0.15, -0.1) is 0 Å². The Morgan fingerprint density at radius 2 is 1.89 bits per heavy atom. The van der Waals surface area contributed by atoms with Crippen molar-refractivity contribution >= 4 is 16.8 Å². The number of benzene rings is 2. The second-order valence-corrected chi connectivity index (χ2v) is 7.43. The summed E-state index contributed by atoms with van der Waals surface area (Å²) in [4.78, 5) is 22.4. The Morgan fingerprint density at radius 1 is 1.07 bits per heavy atom. The number of carbonyl (C=O) groups excluding carboxylic acids is 1. The first-order valence-electron chi connectivity index (χ1n) is 9.59. The van der Waals surface area contributed by atoms with Crippen LogP contribution in [-0.4, -0.2) is 27.3 Å². The van der Waals surface area contributed by atoms with Crippen LogP contribution in [0.3, 0.4) is 0 Å². The van der Waals surface area contributed by atoms with Crippen LogP contribution in [0.4, 0.5) is 0 Å². The first-order valence-corrected chi connectivity index (χ1v) is 9.59. The largest absolute Gasteiger partial charge is 0.358 e. The monoisotopic (exact) mass is 367 g/mol. The highest BCUT2D eigenvalue weighted by molar-refractivity contribution is 5.95. The number of rotatable bonds is 2. The summed E-state index contributed by atoms with van der Waals surface area (Å²) in [6.45, 7) is 3.45. The number of fused-ring (bicyclic) bond motifs is 3. The van der Waals surface area contributed by atoms with E-state index >= 15 is 0 Å². The molecule has 0 spiro atoms. The van der Waals surface area contributed by atoms with E-state index in [4.69, 9.17) is 0 Å². The molecule has 1 amide bonds. The van der Waals surface area contributed by atoms with E-state index in [1.165, 1.54) is 33.3 Å². The zero-order chi connectivity index (χ0) is 19.1. The van der Waals surface area contributed by atoms with Crippen molar-refractivity contribution in [3.05, 3.63) is 89.4 Å². The van der Waals surface area contributed by atoms with E-state index in [0.717, 1.165) is 18.5 Å². The maximum atomic E-state index is 12.9. The number of carbonyl (C=O) groups is 1. The van der Waals surface area contributed by atoms with Crippen LogP contribution in [0.1, 0.15) is 27.2 Å². The smallest absolute Gasteiger partial charge is 0.255 e. The number of hydrogen-bond donors (Lipinski definition) is 1. The lowest BCUT2D eigenvalue weighted by molar-refractivity contribution is 0.0734. The molecule has 138 valence electrons. The molecule has 0 fully saturated rings. The normalized spacial score (nSPS) is 13.5. The summed E-state index contributed by atoms with van der Waals surface area (Å²) in [7, 11) is 0. The third-order valence-electron chi connectivity index (χ3n) is 5.56. The fraction of sp³-hybridized carbons (Fsp3) is 0.167. The van der Waals surface area contributed by atoms with Gasteiger partial charge in [-0.3, -0.25) is 9.78 Å². The van der Waals surface area contributed by atoms with E-state index in [1.54, 1.807) is 12.4 Å². The molecular weight excluding hydrogens is 346 g/mol. The summed E-state index contributed by atoms with van der Waals surface area (Å²) in [5.74, 6) is 0.0442. The van der Waals surface area contributed by atoms with E-state index in [-0.39, 0.29) is 5.91 Å². The quantitative estimate of drug-likeness (QED) is 0.556. The summed E-state index contributed by atoms with van der Waals surface area (Å²) in [5, 5.41) is 1.21. The Labute approximate surface area is 163 Å². The molecule has 28 heavy (non-hydrogen) atoms. The molecule has 5 rings (SSSR count). The SMILES string of the molecule is Cc1ccc(-c2ccc3[nH]c4c(c3c2)CN(C(=O)c2cccnc2)CC4)cc1. The van der Waals surface area contributed by atoms with E-state index in [2.05, 4.69) is 59.4 Å². The Balaban J connectivity index is 1.51. The molecule has 1 aliphatic heterocycles. The lowest BCUT2D eigenvalue weighted by Gasteiger charge is -2.27. The maximum absolute atomic E-state index is 12.9. The van der Waals surface area contributed by atoms with Crippen LogP contribution < -0.4 is 0 Å². The molecule has 4 aromatic rings. The van der Waals surface area contributed by atoms with Crippen LogP contribution in [-0.2, 0) is 13.0 Å². The number of aryl methyl sites for hydroxylation is 1. The van der Waals surface area contributed by atoms with Gasteiger partial charge in [0.1, 0.15) is 0 Å². The van der Waals surface area contributed by atoms with Gasteiger partial charge >= 0.3 is 0 Å². The third-order valence-corrected chi connectivity index (χ3v) is 5.56. The molecule has 0 saturated heterocycles. The molecule has 0 radical (unpaired) electrons. The zero-order valence-corrected chi connectivity index (χ0v) is 15.8. The molecule has 0 unspecified atom stereocenters. The Morgan fingerprint density at radius 3 is 2.68 bits per heavy atom. The number of nitrogens with one attached hydrogen (secondary N) is 1. The second kappa shape index (κ2) is 6.64. The first-order chi connectivity index (χ1) is 13.7. The zero-order valence-electron chi connectivity index (χ0n) is 15.8. The molecule has 1 aliphatic rings. The molecule has 0 aliphatic carbocycles. The molecule has 0 atom stereocenters. The fourth-order valence-corrected chi connectivity index (χ4v) is 3.98. The van der Waals surface area contributed by atoms with Crippen LogP contribution in [0.25, 0.3) is 22.0 Å². The number of aromatic nitrogens is 2. The number of pyridine rings is 1. The average molecular weight is 367 g/mol. The number of aromatic amines is 1. The summed E-state index contributed by atoms with van der Waals surface area (Å²) in [6.07, 6.45) is 4.18. The lowest BCUT2D eigenvalue weighted by Crippen LogP contribution is -2.35. The molecule has 4 nitrogen and oxygen atoms in total. The summed E-state index contributed by atoms with van der Waals surface area (Å²) in [6, 6.07) is 18.8. The minimum Gasteiger partial charge on any atom is -0.358 e. The minimum absolute atomic E-state index is 0.0442. The van der Waals surface area contributed by atoms with Gasteiger partial charge in [0.05, 0.1) is 5.56 Å². The van der Waals surface area contributed by atoms with Crippen molar-refractivity contribution < 1.29 is 4.79 Å². The van der Waals surface area contributed by atoms with Crippen molar-refractivity contribution in [2.75, 3.05) is 6.54 Å². The van der Waals surface area contributed by atoms with Gasteiger partial charge in [0, 0.05) is 54.1 Å². The minimum atomic E-state index is 0.0442. The highest BCUT2D eigenvalue weighted by Crippen LogP contribution is 2.32. The van der Waals surface area contributed by atoms with Crippen LogP contribution in [0.2, 0.25) is 0 Å². The number of hydrogen-bond acceptors (Lipinski definition) is 2. The van der Waals surface area contributed by atoms with E-state index < -0.39 is 0 Å². The maximum Gasteiger partial charge on any atom is 0.255 e. The van der Waals surface area contributed by atoms with Gasteiger partial charge in [0.2, 0.25) is 0 Å². The molecule has 1 N–H and O–H groups in total. The fourth-order valence-electron chi connectivity index (χ4n) is 3.98. The Bertz CT molecular complexity index is 1160. The van der Waals surface area contributed by atoms with Crippen LogP contribution in [0.15, 0.2) is 67.0 Å². The van der Waals surface area contributed by atoms with Gasteiger partial charge < -0.3 is 9.88 Å². The van der Waals surface area contributed by atoms with Crippen molar-refractivity contribution in [3.8, 4) is 11.1 Å². The van der Waals surface area contributed by atoms with Crippen molar-refractivity contribution in [2.45, 2.75) is 19.9 Å². The first kappa shape index (κ1) is 16.8. The van der Waals surface area contributed by atoms with E-state index in [9.17, 15) is 4.79 Å². The van der Waals surface area contributed by atoms with Gasteiger partial charge in [0.25, 0.3) is 5.91 Å². The van der Waals surface area contributed by atoms with Crippen LogP contribution in [0, 0.1) is 6.92 Å². The Kier molecular flexibility index (Phi) is 3.97. The number of amides is 1. The summed E-state index contributed by atoms with van der Waals surface area (Å²) >= 11 is 0. The molecule has 3 heterocycles. The average Bonchev–Trinajstić information content (AvgIpc) is 3.11. The van der Waals surface area contributed by atoms with E-state index in [0.29, 0.717) is 12.1 Å². The third kappa shape index (κ3) is 2.87. The standard InChI is InChI=1S/C24H21N3O/c1-16-4-6-17(7-5-16)18-8-9-22-20(13-18)21-15-27(12-10-23(21)26-22)24(28)19-3-2-11-25-14-19/h2-9,11,13-14,26H,10,12,15H2,1H3. The summed E-state index contributed by atoms with van der Waals surface area (Å²) < 4.78 is 0. The molecule has 2 aromatic heterocycles. The predicted octanol–water partition coefficient (Wildman–Crippen LogP) is 4.74. The molecule has 4 heteroatoms. The molecule has 0 saturated carbocycles.